The lowest BCUT2D eigenvalue weighted by atomic mass is 10.1. The Morgan fingerprint density at radius 1 is 1.00 bits per heavy atom. The summed E-state index contributed by atoms with van der Waals surface area (Å²) in [6, 6.07) is 19.3. The van der Waals surface area contributed by atoms with Crippen LogP contribution < -0.4 is 0 Å². The maximum atomic E-state index is 13.3. The maximum absolute atomic E-state index is 13.3. The highest BCUT2D eigenvalue weighted by Crippen LogP contribution is 2.13. The van der Waals surface area contributed by atoms with E-state index in [-0.39, 0.29) is 37.2 Å². The number of rotatable bonds is 13. The molecular weight excluding hydrogens is 462 g/mol. The second-order valence-corrected chi connectivity index (χ2v) is 8.06. The number of nitro groups is 1. The zero-order chi connectivity index (χ0) is 25.8. The Hall–Kier alpha value is -4.24. The highest BCUT2D eigenvalue weighted by atomic mass is 16.6. The minimum Gasteiger partial charge on any atom is -0.467 e. The Balaban J connectivity index is 1.69. The molecule has 0 saturated heterocycles. The van der Waals surface area contributed by atoms with Crippen molar-refractivity contribution in [3.05, 3.63) is 106 Å². The number of amides is 2. The van der Waals surface area contributed by atoms with Gasteiger partial charge in [-0.25, -0.2) is 0 Å². The van der Waals surface area contributed by atoms with E-state index in [0.29, 0.717) is 30.8 Å². The predicted octanol–water partition coefficient (Wildman–Crippen LogP) is 3.95. The van der Waals surface area contributed by atoms with Crippen LogP contribution in [-0.4, -0.2) is 59.9 Å². The van der Waals surface area contributed by atoms with Gasteiger partial charge in [0.25, 0.3) is 5.69 Å². The van der Waals surface area contributed by atoms with Gasteiger partial charge in [0, 0.05) is 38.4 Å². The van der Waals surface area contributed by atoms with Gasteiger partial charge in [0.1, 0.15) is 12.3 Å². The van der Waals surface area contributed by atoms with Gasteiger partial charge in [-0.05, 0) is 47.9 Å². The summed E-state index contributed by atoms with van der Waals surface area (Å²) in [5, 5.41) is 10.8. The minimum atomic E-state index is -0.483. The summed E-state index contributed by atoms with van der Waals surface area (Å²) < 4.78 is 10.6. The van der Waals surface area contributed by atoms with Crippen molar-refractivity contribution in [2.75, 3.05) is 33.4 Å². The van der Waals surface area contributed by atoms with Crippen LogP contribution in [0.2, 0.25) is 0 Å². The highest BCUT2D eigenvalue weighted by Gasteiger charge is 2.21. The smallest absolute Gasteiger partial charge is 0.269 e. The fraction of sp³-hybridized carbons (Fsp3) is 0.259. The Kier molecular flexibility index (Phi) is 9.96. The van der Waals surface area contributed by atoms with Crippen LogP contribution in [0.4, 0.5) is 5.69 Å². The lowest BCUT2D eigenvalue weighted by Gasteiger charge is -2.26. The monoisotopic (exact) mass is 491 g/mol. The second kappa shape index (κ2) is 13.6. The van der Waals surface area contributed by atoms with E-state index in [4.69, 9.17) is 9.15 Å². The van der Waals surface area contributed by atoms with Crippen molar-refractivity contribution < 1.29 is 23.7 Å². The summed E-state index contributed by atoms with van der Waals surface area (Å²) in [6.07, 6.45) is 5.14. The van der Waals surface area contributed by atoms with E-state index in [1.807, 2.05) is 36.4 Å². The summed E-state index contributed by atoms with van der Waals surface area (Å²) in [4.78, 5) is 39.7. The first-order valence-electron chi connectivity index (χ1n) is 11.5. The van der Waals surface area contributed by atoms with Gasteiger partial charge < -0.3 is 19.0 Å². The molecule has 0 saturated carbocycles. The fourth-order valence-electron chi connectivity index (χ4n) is 3.50. The normalized spacial score (nSPS) is 10.9. The van der Waals surface area contributed by atoms with Crippen LogP contribution in [0.1, 0.15) is 16.9 Å². The summed E-state index contributed by atoms with van der Waals surface area (Å²) in [7, 11) is 1.53. The topological polar surface area (TPSA) is 106 Å². The van der Waals surface area contributed by atoms with Gasteiger partial charge >= 0.3 is 0 Å². The molecule has 2 amide bonds. The fourth-order valence-corrected chi connectivity index (χ4v) is 3.50. The second-order valence-electron chi connectivity index (χ2n) is 8.06. The van der Waals surface area contributed by atoms with E-state index in [1.165, 1.54) is 30.2 Å². The Bertz CT molecular complexity index is 1140. The molecule has 0 aliphatic heterocycles. The van der Waals surface area contributed by atoms with E-state index in [9.17, 15) is 19.7 Å². The molecule has 3 rings (SSSR count). The summed E-state index contributed by atoms with van der Waals surface area (Å²) in [6.45, 7) is 1.14. The van der Waals surface area contributed by atoms with E-state index >= 15 is 0 Å². The maximum Gasteiger partial charge on any atom is 0.269 e. The number of hydrogen-bond donors (Lipinski definition) is 0. The van der Waals surface area contributed by atoms with Crippen molar-refractivity contribution in [1.82, 2.24) is 9.80 Å². The SMILES string of the molecule is COCCN(CC(=O)N(CCc1ccccc1)Cc1ccco1)C(=O)C=Cc1ccc([N+](=O)[O-])cc1. The van der Waals surface area contributed by atoms with Crippen LogP contribution in [0.3, 0.4) is 0 Å². The van der Waals surface area contributed by atoms with Crippen LogP contribution in [0.5, 0.6) is 0 Å². The molecule has 0 atom stereocenters. The van der Waals surface area contributed by atoms with Gasteiger partial charge in [-0.15, -0.1) is 0 Å². The molecule has 0 aliphatic rings. The van der Waals surface area contributed by atoms with Crippen LogP contribution in [0.25, 0.3) is 6.08 Å². The zero-order valence-electron chi connectivity index (χ0n) is 20.1. The number of non-ortho nitro benzene ring substituents is 1. The predicted molar refractivity (Wildman–Crippen MR) is 135 cm³/mol. The van der Waals surface area contributed by atoms with Gasteiger partial charge in [0.05, 0.1) is 24.3 Å². The molecule has 9 nitrogen and oxygen atoms in total. The molecule has 0 spiro atoms. The molecule has 3 aromatic rings. The van der Waals surface area contributed by atoms with E-state index < -0.39 is 4.92 Å². The number of furan rings is 1. The largest absolute Gasteiger partial charge is 0.467 e. The molecule has 36 heavy (non-hydrogen) atoms. The number of hydrogen-bond acceptors (Lipinski definition) is 6. The molecule has 0 radical (unpaired) electrons. The molecule has 0 unspecified atom stereocenters. The number of nitrogens with zero attached hydrogens (tertiary/aromatic N) is 3. The average Bonchev–Trinajstić information content (AvgIpc) is 3.41. The van der Waals surface area contributed by atoms with E-state index in [0.717, 1.165) is 5.56 Å². The quantitative estimate of drug-likeness (QED) is 0.204. The van der Waals surface area contributed by atoms with Crippen LogP contribution in [0.15, 0.2) is 83.5 Å². The van der Waals surface area contributed by atoms with Gasteiger partial charge in [-0.3, -0.25) is 19.7 Å². The standard InChI is InChI=1S/C27H29N3O6/c1-35-19-17-29(26(31)14-11-23-9-12-24(13-10-23)30(33)34)21-27(32)28(20-25-8-5-18-36-25)16-15-22-6-3-2-4-7-22/h2-14,18H,15-17,19-21H2,1H3. The van der Waals surface area contributed by atoms with Crippen molar-refractivity contribution in [2.45, 2.75) is 13.0 Å². The molecule has 1 aromatic heterocycles. The molecule has 1 heterocycles. The van der Waals surface area contributed by atoms with Crippen LogP contribution in [0, 0.1) is 10.1 Å². The number of methoxy groups -OCH3 is 1. The molecule has 0 bridgehead atoms. The molecule has 0 N–H and O–H groups in total. The van der Waals surface area contributed by atoms with Crippen molar-refractivity contribution in [3.8, 4) is 0 Å². The van der Waals surface area contributed by atoms with Crippen molar-refractivity contribution in [1.29, 1.82) is 0 Å². The van der Waals surface area contributed by atoms with Gasteiger partial charge in [-0.1, -0.05) is 30.3 Å². The van der Waals surface area contributed by atoms with Crippen LogP contribution in [-0.2, 0) is 27.3 Å². The van der Waals surface area contributed by atoms with E-state index in [1.54, 1.807) is 35.4 Å². The number of nitro benzene ring substituents is 1. The number of carbonyl (C=O) groups is 2. The van der Waals surface area contributed by atoms with Gasteiger partial charge in [0.2, 0.25) is 11.8 Å². The zero-order valence-corrected chi connectivity index (χ0v) is 20.1. The molecule has 0 fully saturated rings. The molecule has 9 heteroatoms. The summed E-state index contributed by atoms with van der Waals surface area (Å²) in [5.74, 6) is 0.0829. The number of ether oxygens (including phenoxy) is 1. The molecule has 2 aromatic carbocycles. The third-order valence-electron chi connectivity index (χ3n) is 5.52. The lowest BCUT2D eigenvalue weighted by Crippen LogP contribution is -2.44. The average molecular weight is 492 g/mol. The highest BCUT2D eigenvalue weighted by molar-refractivity contribution is 5.94. The molecule has 188 valence electrons. The molecular formula is C27H29N3O6. The number of carbonyl (C=O) groups excluding carboxylic acids is 2. The third kappa shape index (κ3) is 8.21. The summed E-state index contributed by atoms with van der Waals surface area (Å²) in [5.41, 5.74) is 1.71. The first-order chi connectivity index (χ1) is 17.5. The molecule has 0 aliphatic carbocycles. The van der Waals surface area contributed by atoms with Crippen molar-refractivity contribution in [3.63, 3.8) is 0 Å². The van der Waals surface area contributed by atoms with Crippen LogP contribution >= 0.6 is 0 Å². The Labute approximate surface area is 209 Å². The van der Waals surface area contributed by atoms with Crippen molar-refractivity contribution >= 4 is 23.6 Å². The first kappa shape index (κ1) is 26.4. The summed E-state index contributed by atoms with van der Waals surface area (Å²) >= 11 is 0. The minimum absolute atomic E-state index is 0.0297. The number of benzene rings is 2. The first-order valence-corrected chi connectivity index (χ1v) is 11.5. The Morgan fingerprint density at radius 2 is 1.75 bits per heavy atom. The van der Waals surface area contributed by atoms with Gasteiger partial charge in [-0.2, -0.15) is 0 Å². The van der Waals surface area contributed by atoms with Gasteiger partial charge in [0.15, 0.2) is 0 Å². The Morgan fingerprint density at radius 3 is 2.39 bits per heavy atom. The van der Waals surface area contributed by atoms with E-state index in [2.05, 4.69) is 0 Å². The third-order valence-corrected chi connectivity index (χ3v) is 5.52. The van der Waals surface area contributed by atoms with Crippen molar-refractivity contribution in [2.24, 2.45) is 0 Å². The lowest BCUT2D eigenvalue weighted by molar-refractivity contribution is -0.384.